The van der Waals surface area contributed by atoms with E-state index >= 15 is 0 Å². The second-order valence-corrected chi connectivity index (χ2v) is 4.50. The third-order valence-corrected chi connectivity index (χ3v) is 3.19. The van der Waals surface area contributed by atoms with Crippen LogP contribution in [-0.4, -0.2) is 47.1 Å². The molecule has 0 saturated carbocycles. The lowest BCUT2D eigenvalue weighted by molar-refractivity contribution is 0.0697. The summed E-state index contributed by atoms with van der Waals surface area (Å²) in [6.07, 6.45) is 1.98. The van der Waals surface area contributed by atoms with Crippen molar-refractivity contribution >= 4 is 5.91 Å². The van der Waals surface area contributed by atoms with E-state index in [4.69, 9.17) is 0 Å². The largest absolute Gasteiger partial charge is 0.494 e. The molecule has 1 aliphatic rings. The van der Waals surface area contributed by atoms with Crippen molar-refractivity contribution in [1.29, 1.82) is 0 Å². The highest BCUT2D eigenvalue weighted by molar-refractivity contribution is 5.94. The van der Waals surface area contributed by atoms with Crippen molar-refractivity contribution in [2.45, 2.75) is 18.9 Å². The molecule has 3 N–H and O–H groups in total. The van der Waals surface area contributed by atoms with Crippen molar-refractivity contribution in [1.82, 2.24) is 15.2 Å². The van der Waals surface area contributed by atoms with Crippen molar-refractivity contribution < 1.29 is 9.90 Å². The van der Waals surface area contributed by atoms with E-state index in [1.807, 2.05) is 7.05 Å². The number of amides is 1. The molecule has 2 rings (SSSR count). The lowest BCUT2D eigenvalue weighted by atomic mass is 10.0. The molecule has 18 heavy (non-hydrogen) atoms. The van der Waals surface area contributed by atoms with Crippen LogP contribution in [0.1, 0.15) is 23.2 Å². The number of rotatable bonds is 2. The zero-order valence-corrected chi connectivity index (χ0v) is 10.3. The molecular formula is C12H17N3O3. The van der Waals surface area contributed by atoms with Crippen LogP contribution in [0.5, 0.6) is 5.88 Å². The Bertz CT molecular complexity index is 498. The Morgan fingerprint density at radius 2 is 2.33 bits per heavy atom. The number of carbonyl (C=O) groups excluding carboxylic acids is 1. The van der Waals surface area contributed by atoms with E-state index in [0.717, 1.165) is 12.8 Å². The van der Waals surface area contributed by atoms with Crippen LogP contribution in [0, 0.1) is 0 Å². The van der Waals surface area contributed by atoms with Gasteiger partial charge >= 0.3 is 0 Å². The summed E-state index contributed by atoms with van der Waals surface area (Å²) in [6, 6.07) is 2.79. The second kappa shape index (κ2) is 5.22. The maximum absolute atomic E-state index is 12.2. The van der Waals surface area contributed by atoms with Crippen LogP contribution >= 0.6 is 0 Å². The van der Waals surface area contributed by atoms with Gasteiger partial charge in [-0.15, -0.1) is 0 Å². The molecule has 1 saturated heterocycles. The predicted molar refractivity (Wildman–Crippen MR) is 66.7 cm³/mol. The van der Waals surface area contributed by atoms with Crippen LogP contribution in [0.2, 0.25) is 0 Å². The van der Waals surface area contributed by atoms with Gasteiger partial charge in [-0.2, -0.15) is 0 Å². The molecule has 0 aliphatic carbocycles. The number of H-pyrrole nitrogens is 1. The highest BCUT2D eigenvalue weighted by Gasteiger charge is 2.23. The van der Waals surface area contributed by atoms with Crippen LogP contribution in [0.4, 0.5) is 0 Å². The van der Waals surface area contributed by atoms with Crippen molar-refractivity contribution in [3.05, 3.63) is 28.0 Å². The van der Waals surface area contributed by atoms with Gasteiger partial charge in [-0.3, -0.25) is 14.6 Å². The van der Waals surface area contributed by atoms with E-state index in [1.165, 1.54) is 12.1 Å². The van der Waals surface area contributed by atoms with Gasteiger partial charge in [0.25, 0.3) is 11.5 Å². The Labute approximate surface area is 105 Å². The fourth-order valence-corrected chi connectivity index (χ4v) is 2.23. The molecule has 2 heterocycles. The van der Waals surface area contributed by atoms with Gasteiger partial charge in [-0.1, -0.05) is 0 Å². The van der Waals surface area contributed by atoms with Crippen LogP contribution in [0.3, 0.4) is 0 Å². The summed E-state index contributed by atoms with van der Waals surface area (Å²) < 4.78 is 0. The summed E-state index contributed by atoms with van der Waals surface area (Å²) in [4.78, 5) is 27.3. The van der Waals surface area contributed by atoms with Crippen LogP contribution in [-0.2, 0) is 0 Å². The summed E-state index contributed by atoms with van der Waals surface area (Å²) in [5, 5.41) is 12.5. The average molecular weight is 251 g/mol. The minimum atomic E-state index is -0.472. The summed E-state index contributed by atoms with van der Waals surface area (Å²) in [5.41, 5.74) is -0.242. The van der Waals surface area contributed by atoms with Gasteiger partial charge in [0.2, 0.25) is 0 Å². The van der Waals surface area contributed by atoms with Gasteiger partial charge < -0.3 is 15.3 Å². The van der Waals surface area contributed by atoms with Crippen molar-refractivity contribution in [3.63, 3.8) is 0 Å². The molecule has 98 valence electrons. The molecule has 0 aromatic carbocycles. The van der Waals surface area contributed by atoms with E-state index in [2.05, 4.69) is 10.3 Å². The fourth-order valence-electron chi connectivity index (χ4n) is 2.23. The number of carbonyl (C=O) groups is 1. The SMILES string of the molecule is CNC1CCCN(C(=O)c2cc(O)[nH]c(=O)c2)C1. The first kappa shape index (κ1) is 12.6. The Balaban J connectivity index is 2.17. The summed E-state index contributed by atoms with van der Waals surface area (Å²) in [7, 11) is 1.87. The topological polar surface area (TPSA) is 85.4 Å². The molecule has 1 aromatic rings. The van der Waals surface area contributed by atoms with E-state index in [1.54, 1.807) is 4.90 Å². The lowest BCUT2D eigenvalue weighted by Crippen LogP contribution is -2.47. The highest BCUT2D eigenvalue weighted by atomic mass is 16.3. The third-order valence-electron chi connectivity index (χ3n) is 3.19. The number of aromatic hydroxyl groups is 1. The van der Waals surface area contributed by atoms with Gasteiger partial charge in [0.15, 0.2) is 5.88 Å². The van der Waals surface area contributed by atoms with Gasteiger partial charge in [0.05, 0.1) is 5.56 Å². The Kier molecular flexibility index (Phi) is 3.66. The minimum absolute atomic E-state index is 0.212. The summed E-state index contributed by atoms with van der Waals surface area (Å²) in [6.45, 7) is 1.31. The minimum Gasteiger partial charge on any atom is -0.494 e. The normalized spacial score (nSPS) is 19.8. The Morgan fingerprint density at radius 1 is 1.56 bits per heavy atom. The molecule has 1 amide bonds. The number of aromatic amines is 1. The molecule has 1 fully saturated rings. The van der Waals surface area contributed by atoms with Crippen LogP contribution < -0.4 is 10.9 Å². The fraction of sp³-hybridized carbons (Fsp3) is 0.500. The number of hydrogen-bond acceptors (Lipinski definition) is 4. The lowest BCUT2D eigenvalue weighted by Gasteiger charge is -2.32. The van der Waals surface area contributed by atoms with Crippen LogP contribution in [0.15, 0.2) is 16.9 Å². The zero-order valence-electron chi connectivity index (χ0n) is 10.3. The third kappa shape index (κ3) is 2.70. The van der Waals surface area contributed by atoms with E-state index in [0.29, 0.717) is 19.1 Å². The summed E-state index contributed by atoms with van der Waals surface area (Å²) >= 11 is 0. The maximum Gasteiger partial charge on any atom is 0.254 e. The van der Waals surface area contributed by atoms with Gasteiger partial charge in [-0.25, -0.2) is 0 Å². The average Bonchev–Trinajstić information content (AvgIpc) is 2.37. The number of hydrogen-bond donors (Lipinski definition) is 3. The quantitative estimate of drug-likeness (QED) is 0.685. The number of nitrogens with one attached hydrogen (secondary N) is 2. The van der Waals surface area contributed by atoms with Crippen LogP contribution in [0.25, 0.3) is 0 Å². The van der Waals surface area contributed by atoms with Crippen molar-refractivity contribution in [3.8, 4) is 5.88 Å². The molecule has 0 radical (unpaired) electrons. The molecule has 0 bridgehead atoms. The summed E-state index contributed by atoms with van der Waals surface area (Å²) in [5.74, 6) is -0.496. The molecular weight excluding hydrogens is 234 g/mol. The van der Waals surface area contributed by atoms with Gasteiger partial charge in [0.1, 0.15) is 0 Å². The monoisotopic (exact) mass is 251 g/mol. The molecule has 1 aromatic heterocycles. The first-order chi connectivity index (χ1) is 8.60. The number of pyridine rings is 1. The molecule has 6 nitrogen and oxygen atoms in total. The van der Waals surface area contributed by atoms with E-state index < -0.39 is 5.56 Å². The van der Waals surface area contributed by atoms with Gasteiger partial charge in [0, 0.05) is 31.3 Å². The first-order valence-electron chi connectivity index (χ1n) is 6.00. The molecule has 1 atom stereocenters. The highest BCUT2D eigenvalue weighted by Crippen LogP contribution is 2.14. The van der Waals surface area contributed by atoms with E-state index in [-0.39, 0.29) is 17.4 Å². The van der Waals surface area contributed by atoms with Gasteiger partial charge in [-0.05, 0) is 19.9 Å². The molecule has 1 aliphatic heterocycles. The maximum atomic E-state index is 12.2. The standard InChI is InChI=1S/C12H17N3O3/c1-13-9-3-2-4-15(7-9)12(18)8-5-10(16)14-11(17)6-8/h5-6,9,13H,2-4,7H2,1H3,(H2,14,16,17). The van der Waals surface area contributed by atoms with Crippen molar-refractivity contribution in [2.75, 3.05) is 20.1 Å². The Hall–Kier alpha value is -1.82. The smallest absolute Gasteiger partial charge is 0.254 e. The number of likely N-dealkylation sites (tertiary alicyclic amines) is 1. The van der Waals surface area contributed by atoms with E-state index in [9.17, 15) is 14.7 Å². The number of piperidine rings is 1. The number of nitrogens with zero attached hydrogens (tertiary/aromatic N) is 1. The number of aromatic nitrogens is 1. The predicted octanol–water partition coefficient (Wildman–Crippen LogP) is -0.0955. The first-order valence-corrected chi connectivity index (χ1v) is 6.00. The molecule has 0 spiro atoms. The second-order valence-electron chi connectivity index (χ2n) is 4.50. The Morgan fingerprint density at radius 3 is 3.00 bits per heavy atom. The zero-order chi connectivity index (χ0) is 13.1. The molecule has 6 heteroatoms. The van der Waals surface area contributed by atoms with Crippen molar-refractivity contribution in [2.24, 2.45) is 0 Å². The number of likely N-dealkylation sites (N-methyl/N-ethyl adjacent to an activating group) is 1. The molecule has 1 unspecified atom stereocenters.